The second-order valence-electron chi connectivity index (χ2n) is 9.41. The van der Waals surface area contributed by atoms with E-state index in [1.54, 1.807) is 15.5 Å². The first-order valence-electron chi connectivity index (χ1n) is 11.8. The van der Waals surface area contributed by atoms with Gasteiger partial charge in [0, 0.05) is 49.4 Å². The fourth-order valence-electron chi connectivity index (χ4n) is 5.09. The quantitative estimate of drug-likeness (QED) is 0.532. The minimum absolute atomic E-state index is 0.0292. The number of likely N-dealkylation sites (tertiary alicyclic amines) is 1. The molecule has 2 aromatic carbocycles. The Morgan fingerprint density at radius 2 is 1.65 bits per heavy atom. The highest BCUT2D eigenvalue weighted by Gasteiger charge is 2.37. The van der Waals surface area contributed by atoms with Crippen LogP contribution >= 0.6 is 0 Å². The Balaban J connectivity index is 1.36. The zero-order valence-corrected chi connectivity index (χ0v) is 20.8. The van der Waals surface area contributed by atoms with Crippen LogP contribution in [0.15, 0.2) is 70.4 Å². The van der Waals surface area contributed by atoms with Crippen molar-refractivity contribution in [2.75, 3.05) is 23.1 Å². The largest absolute Gasteiger partial charge is 0.338 e. The van der Waals surface area contributed by atoms with Crippen LogP contribution in [0.1, 0.15) is 35.3 Å². The molecule has 1 saturated heterocycles. The summed E-state index contributed by atoms with van der Waals surface area (Å²) in [6, 6.07) is 14.3. The molecule has 3 aromatic rings. The molecule has 0 radical (unpaired) electrons. The zero-order valence-electron chi connectivity index (χ0n) is 20.0. The topological polar surface area (TPSA) is 118 Å². The van der Waals surface area contributed by atoms with Crippen LogP contribution in [-0.2, 0) is 21.4 Å². The number of carbonyl (C=O) groups excluding carboxylic acids is 2. The monoisotopic (exact) mass is 524 g/mol. The second-order valence-corrected chi connectivity index (χ2v) is 11.1. The number of sulfonamides is 1. The maximum absolute atomic E-state index is 13.3. The van der Waals surface area contributed by atoms with Crippen LogP contribution in [0.2, 0.25) is 0 Å². The van der Waals surface area contributed by atoms with E-state index in [4.69, 9.17) is 0 Å². The predicted molar refractivity (Wildman–Crippen MR) is 135 cm³/mol. The van der Waals surface area contributed by atoms with Crippen molar-refractivity contribution < 1.29 is 22.4 Å². The molecular weight excluding hydrogens is 499 g/mol. The average molecular weight is 525 g/mol. The van der Waals surface area contributed by atoms with Crippen LogP contribution in [0, 0.1) is 11.7 Å². The molecule has 2 N–H and O–H groups in total. The zero-order chi connectivity index (χ0) is 26.3. The van der Waals surface area contributed by atoms with Crippen LogP contribution in [0.5, 0.6) is 0 Å². The van der Waals surface area contributed by atoms with E-state index in [1.165, 1.54) is 61.5 Å². The number of anilines is 2. The number of carbonyl (C=O) groups is 2. The number of hydrogen-bond acceptors (Lipinski definition) is 5. The molecule has 3 heterocycles. The molecule has 37 heavy (non-hydrogen) atoms. The lowest BCUT2D eigenvalue weighted by Crippen LogP contribution is -2.49. The number of benzene rings is 2. The molecule has 2 amide bonds. The molecular formula is C26H25FN4O5S. The third-order valence-corrected chi connectivity index (χ3v) is 8.09. The van der Waals surface area contributed by atoms with E-state index < -0.39 is 21.4 Å². The van der Waals surface area contributed by atoms with Gasteiger partial charge in [0.05, 0.1) is 4.90 Å². The van der Waals surface area contributed by atoms with Crippen molar-refractivity contribution in [1.82, 2.24) is 9.47 Å². The summed E-state index contributed by atoms with van der Waals surface area (Å²) in [7, 11) is -4.04. The Kier molecular flexibility index (Phi) is 6.32. The fourth-order valence-corrected chi connectivity index (χ4v) is 6.15. The van der Waals surface area contributed by atoms with E-state index in [1.807, 2.05) is 0 Å². The van der Waals surface area contributed by atoms with Gasteiger partial charge in [-0.3, -0.25) is 19.1 Å². The van der Waals surface area contributed by atoms with E-state index in [-0.39, 0.29) is 34.2 Å². The normalized spacial score (nSPS) is 18.6. The van der Waals surface area contributed by atoms with Crippen LogP contribution < -0.4 is 15.6 Å². The van der Waals surface area contributed by atoms with Crippen molar-refractivity contribution in [3.05, 3.63) is 88.1 Å². The molecule has 0 spiro atoms. The molecule has 2 atom stereocenters. The van der Waals surface area contributed by atoms with E-state index in [9.17, 15) is 27.2 Å². The van der Waals surface area contributed by atoms with Crippen molar-refractivity contribution >= 4 is 33.2 Å². The van der Waals surface area contributed by atoms with Gasteiger partial charge in [0.15, 0.2) is 0 Å². The summed E-state index contributed by atoms with van der Waals surface area (Å²) in [4.78, 5) is 39.1. The van der Waals surface area contributed by atoms with E-state index in [2.05, 4.69) is 10.0 Å². The highest BCUT2D eigenvalue weighted by atomic mass is 32.2. The van der Waals surface area contributed by atoms with Gasteiger partial charge in [-0.05, 0) is 73.0 Å². The van der Waals surface area contributed by atoms with Crippen LogP contribution in [-0.4, -0.2) is 42.8 Å². The average Bonchev–Trinajstić information content (AvgIpc) is 2.86. The van der Waals surface area contributed by atoms with Gasteiger partial charge in [0.2, 0.25) is 5.91 Å². The number of halogens is 1. The summed E-state index contributed by atoms with van der Waals surface area (Å²) in [5, 5.41) is 2.57. The molecule has 2 aliphatic rings. The smallest absolute Gasteiger partial charge is 0.275 e. The van der Waals surface area contributed by atoms with Crippen LogP contribution in [0.4, 0.5) is 15.8 Å². The highest BCUT2D eigenvalue weighted by molar-refractivity contribution is 7.92. The maximum Gasteiger partial charge on any atom is 0.275 e. The molecule has 2 unspecified atom stereocenters. The van der Waals surface area contributed by atoms with Crippen molar-refractivity contribution in [3.63, 3.8) is 0 Å². The van der Waals surface area contributed by atoms with Crippen LogP contribution in [0.25, 0.3) is 0 Å². The van der Waals surface area contributed by atoms with Gasteiger partial charge in [-0.2, -0.15) is 0 Å². The molecule has 9 nitrogen and oxygen atoms in total. The molecule has 1 aromatic heterocycles. The molecule has 11 heteroatoms. The summed E-state index contributed by atoms with van der Waals surface area (Å²) < 4.78 is 43.1. The van der Waals surface area contributed by atoms with Gasteiger partial charge < -0.3 is 14.8 Å². The Morgan fingerprint density at radius 3 is 2.32 bits per heavy atom. The third kappa shape index (κ3) is 4.99. The summed E-state index contributed by atoms with van der Waals surface area (Å²) in [6.45, 7) is 2.58. The highest BCUT2D eigenvalue weighted by Crippen LogP contribution is 2.36. The van der Waals surface area contributed by atoms with E-state index in [0.717, 1.165) is 12.1 Å². The molecule has 2 aliphatic heterocycles. The van der Waals surface area contributed by atoms with Gasteiger partial charge >= 0.3 is 0 Å². The Hall–Kier alpha value is -3.99. The SMILES string of the molecule is CC(=O)Nc1ccc(S(=O)(=O)Nc2ccc3n(c2=O)CC2CC3CN(C(=O)c3ccc(F)cc3)C2)cc1. The number of rotatable bonds is 5. The molecule has 0 aliphatic carbocycles. The van der Waals surface area contributed by atoms with Crippen molar-refractivity contribution in [2.24, 2.45) is 5.92 Å². The molecule has 5 rings (SSSR count). The van der Waals surface area contributed by atoms with Crippen molar-refractivity contribution in [3.8, 4) is 0 Å². The summed E-state index contributed by atoms with van der Waals surface area (Å²) in [5.41, 5.74) is 1.12. The molecule has 2 bridgehead atoms. The fraction of sp³-hybridized carbons (Fsp3) is 0.269. The van der Waals surface area contributed by atoms with Gasteiger partial charge in [0.25, 0.3) is 21.5 Å². The molecule has 0 saturated carbocycles. The van der Waals surface area contributed by atoms with Gasteiger partial charge in [0.1, 0.15) is 11.5 Å². The minimum Gasteiger partial charge on any atom is -0.338 e. The number of piperidine rings is 1. The summed E-state index contributed by atoms with van der Waals surface area (Å²) in [5.74, 6) is -0.908. The lowest BCUT2D eigenvalue weighted by molar-refractivity contribution is -0.114. The van der Waals surface area contributed by atoms with Crippen LogP contribution in [0.3, 0.4) is 0 Å². The molecule has 1 fully saturated rings. The lowest BCUT2D eigenvalue weighted by Gasteiger charge is -2.43. The maximum atomic E-state index is 13.3. The number of fused-ring (bicyclic) bond motifs is 4. The second kappa shape index (κ2) is 9.47. The van der Waals surface area contributed by atoms with Gasteiger partial charge in [-0.1, -0.05) is 0 Å². The predicted octanol–water partition coefficient (Wildman–Crippen LogP) is 3.01. The Labute approximate surface area is 213 Å². The third-order valence-electron chi connectivity index (χ3n) is 6.71. The minimum atomic E-state index is -4.04. The summed E-state index contributed by atoms with van der Waals surface area (Å²) in [6.07, 6.45) is 0.818. The van der Waals surface area contributed by atoms with Gasteiger partial charge in [-0.15, -0.1) is 0 Å². The van der Waals surface area contributed by atoms with E-state index in [0.29, 0.717) is 30.9 Å². The van der Waals surface area contributed by atoms with Crippen molar-refractivity contribution in [1.29, 1.82) is 0 Å². The summed E-state index contributed by atoms with van der Waals surface area (Å²) >= 11 is 0. The Bertz CT molecular complexity index is 1530. The van der Waals surface area contributed by atoms with Crippen molar-refractivity contribution in [2.45, 2.75) is 30.7 Å². The first kappa shape index (κ1) is 24.7. The molecule has 192 valence electrons. The first-order valence-corrected chi connectivity index (χ1v) is 13.3. The Morgan fingerprint density at radius 1 is 0.946 bits per heavy atom. The van der Waals surface area contributed by atoms with E-state index >= 15 is 0 Å². The number of aromatic nitrogens is 1. The lowest BCUT2D eigenvalue weighted by atomic mass is 9.83. The number of amides is 2. The number of nitrogens with zero attached hydrogens (tertiary/aromatic N) is 2. The number of nitrogens with one attached hydrogen (secondary N) is 2. The number of hydrogen-bond donors (Lipinski definition) is 2. The van der Waals surface area contributed by atoms with Gasteiger partial charge in [-0.25, -0.2) is 12.8 Å². The first-order chi connectivity index (χ1) is 17.6. The standard InChI is InChI=1S/C26H25FN4O5S/c1-16(32)28-21-6-8-22(9-7-21)37(35,36)29-23-10-11-24-19-12-17(14-31(24)26(23)34)13-30(15-19)25(33)18-2-4-20(27)5-3-18/h2-11,17,19,29H,12-15H2,1H3,(H,28,32). The number of pyridine rings is 1.